The molecule has 0 amide bonds. The van der Waals surface area contributed by atoms with Crippen LogP contribution in [0.3, 0.4) is 0 Å². The Kier molecular flexibility index (Phi) is 5.56. The summed E-state index contributed by atoms with van der Waals surface area (Å²) in [6, 6.07) is 5.16. The molecular formula is C16H21N3O4. The summed E-state index contributed by atoms with van der Waals surface area (Å²) in [4.78, 5) is 27.6. The molecule has 0 spiro atoms. The maximum Gasteiger partial charge on any atom is 0.306 e. The van der Waals surface area contributed by atoms with E-state index in [2.05, 4.69) is 10.1 Å². The molecule has 2 aromatic heterocycles. The van der Waals surface area contributed by atoms with Crippen LogP contribution in [0.2, 0.25) is 0 Å². The number of carbonyl (C=O) groups is 1. The third kappa shape index (κ3) is 4.45. The first kappa shape index (κ1) is 16.8. The molecule has 0 aliphatic heterocycles. The van der Waals surface area contributed by atoms with Crippen LogP contribution in [0.25, 0.3) is 0 Å². The first-order chi connectivity index (χ1) is 11.0. The fourth-order valence-electron chi connectivity index (χ4n) is 2.40. The molecule has 1 atom stereocenters. The van der Waals surface area contributed by atoms with Gasteiger partial charge in [0.05, 0.1) is 20.1 Å². The normalized spacial score (nSPS) is 12.0. The number of ether oxygens (including phenoxy) is 2. The van der Waals surface area contributed by atoms with Crippen LogP contribution in [-0.2, 0) is 23.0 Å². The van der Waals surface area contributed by atoms with Crippen LogP contribution in [0.4, 0.5) is 0 Å². The van der Waals surface area contributed by atoms with E-state index in [1.807, 2.05) is 6.07 Å². The minimum absolute atomic E-state index is 0.109. The van der Waals surface area contributed by atoms with Crippen molar-refractivity contribution < 1.29 is 14.3 Å². The zero-order valence-electron chi connectivity index (χ0n) is 13.5. The number of aromatic amines is 1. The molecule has 2 aromatic rings. The summed E-state index contributed by atoms with van der Waals surface area (Å²) in [6.45, 7) is 2.12. The van der Waals surface area contributed by atoms with E-state index >= 15 is 0 Å². The number of nitrogens with one attached hydrogen (secondary N) is 1. The first-order valence-corrected chi connectivity index (χ1v) is 7.44. The smallest absolute Gasteiger partial charge is 0.306 e. The molecule has 0 aromatic carbocycles. The highest BCUT2D eigenvalue weighted by Gasteiger charge is 2.19. The first-order valence-electron chi connectivity index (χ1n) is 7.44. The van der Waals surface area contributed by atoms with Crippen molar-refractivity contribution in [3.05, 3.63) is 46.0 Å². The highest BCUT2D eigenvalue weighted by Crippen LogP contribution is 2.24. The van der Waals surface area contributed by atoms with Gasteiger partial charge in [-0.05, 0) is 18.9 Å². The lowest BCUT2D eigenvalue weighted by Crippen LogP contribution is -2.13. The van der Waals surface area contributed by atoms with Crippen LogP contribution in [0.1, 0.15) is 30.5 Å². The molecule has 1 N–H and O–H groups in total. The highest BCUT2D eigenvalue weighted by atomic mass is 16.5. The molecule has 0 saturated carbocycles. The van der Waals surface area contributed by atoms with Crippen molar-refractivity contribution in [1.82, 2.24) is 14.8 Å². The predicted molar refractivity (Wildman–Crippen MR) is 84.5 cm³/mol. The molecule has 2 rings (SSSR count). The molecule has 0 unspecified atom stereocenters. The molecule has 2 heterocycles. The maximum absolute atomic E-state index is 11.9. The SMILES string of the molecule is CCOC(=O)C[C@@H](Cc1cc(=O)n(C)[nH]1)c1ccc(OC)nc1. The zero-order chi connectivity index (χ0) is 16.8. The quantitative estimate of drug-likeness (QED) is 0.780. The summed E-state index contributed by atoms with van der Waals surface area (Å²) >= 11 is 0. The third-order valence-electron chi connectivity index (χ3n) is 3.56. The Balaban J connectivity index is 2.22. The van der Waals surface area contributed by atoms with Crippen molar-refractivity contribution >= 4 is 5.97 Å². The zero-order valence-corrected chi connectivity index (χ0v) is 13.5. The lowest BCUT2D eigenvalue weighted by Gasteiger charge is -2.16. The third-order valence-corrected chi connectivity index (χ3v) is 3.56. The second kappa shape index (κ2) is 7.62. The molecule has 0 aliphatic rings. The van der Waals surface area contributed by atoms with Crippen molar-refractivity contribution in [2.75, 3.05) is 13.7 Å². The molecule has 7 heteroatoms. The van der Waals surface area contributed by atoms with Crippen LogP contribution in [0.15, 0.2) is 29.2 Å². The number of rotatable bonds is 7. The Labute approximate surface area is 134 Å². The number of aryl methyl sites for hydroxylation is 1. The fourth-order valence-corrected chi connectivity index (χ4v) is 2.40. The molecule has 0 bridgehead atoms. The Morgan fingerprint density at radius 3 is 2.74 bits per heavy atom. The average molecular weight is 319 g/mol. The van der Waals surface area contributed by atoms with Crippen LogP contribution >= 0.6 is 0 Å². The second-order valence-corrected chi connectivity index (χ2v) is 5.22. The van der Waals surface area contributed by atoms with Gasteiger partial charge in [0.2, 0.25) is 5.88 Å². The second-order valence-electron chi connectivity index (χ2n) is 5.22. The number of nitrogens with zero attached hydrogens (tertiary/aromatic N) is 2. The number of pyridine rings is 1. The lowest BCUT2D eigenvalue weighted by molar-refractivity contribution is -0.143. The van der Waals surface area contributed by atoms with Gasteiger partial charge in [0.15, 0.2) is 0 Å². The molecule has 23 heavy (non-hydrogen) atoms. The van der Waals surface area contributed by atoms with E-state index in [1.165, 1.54) is 10.7 Å². The van der Waals surface area contributed by atoms with Crippen LogP contribution < -0.4 is 10.3 Å². The van der Waals surface area contributed by atoms with E-state index in [0.29, 0.717) is 18.9 Å². The van der Waals surface area contributed by atoms with Gasteiger partial charge in [-0.1, -0.05) is 6.07 Å². The topological polar surface area (TPSA) is 86.2 Å². The van der Waals surface area contributed by atoms with Crippen LogP contribution in [0.5, 0.6) is 5.88 Å². The average Bonchev–Trinajstić information content (AvgIpc) is 2.85. The van der Waals surface area contributed by atoms with Gasteiger partial charge in [0.1, 0.15) is 0 Å². The Bertz CT molecular complexity index is 703. The Morgan fingerprint density at radius 2 is 2.22 bits per heavy atom. The van der Waals surface area contributed by atoms with Crippen molar-refractivity contribution in [2.24, 2.45) is 7.05 Å². The molecule has 0 fully saturated rings. The van der Waals surface area contributed by atoms with E-state index in [-0.39, 0.29) is 23.9 Å². The number of hydrogen-bond donors (Lipinski definition) is 1. The molecule has 0 saturated heterocycles. The van der Waals surface area contributed by atoms with Crippen molar-refractivity contribution in [3.8, 4) is 5.88 Å². The number of H-pyrrole nitrogens is 1. The molecule has 0 aliphatic carbocycles. The van der Waals surface area contributed by atoms with E-state index in [9.17, 15) is 9.59 Å². The number of esters is 1. The van der Waals surface area contributed by atoms with E-state index in [0.717, 1.165) is 11.3 Å². The summed E-state index contributed by atoms with van der Waals surface area (Å²) in [5, 5.41) is 2.98. The van der Waals surface area contributed by atoms with Crippen LogP contribution in [-0.4, -0.2) is 34.5 Å². The summed E-state index contributed by atoms with van der Waals surface area (Å²) in [5.74, 6) is 0.105. The minimum atomic E-state index is -0.272. The van der Waals surface area contributed by atoms with Crippen molar-refractivity contribution in [2.45, 2.75) is 25.7 Å². The van der Waals surface area contributed by atoms with Gasteiger partial charge in [-0.3, -0.25) is 19.4 Å². The monoisotopic (exact) mass is 319 g/mol. The molecular weight excluding hydrogens is 298 g/mol. The number of hydrogen-bond acceptors (Lipinski definition) is 5. The van der Waals surface area contributed by atoms with Gasteiger partial charge >= 0.3 is 5.97 Å². The summed E-state index contributed by atoms with van der Waals surface area (Å²) in [6.07, 6.45) is 2.42. The molecule has 7 nitrogen and oxygen atoms in total. The summed E-state index contributed by atoms with van der Waals surface area (Å²) in [5.41, 5.74) is 1.55. The lowest BCUT2D eigenvalue weighted by atomic mass is 9.92. The van der Waals surface area contributed by atoms with Gasteiger partial charge in [0.25, 0.3) is 5.56 Å². The van der Waals surface area contributed by atoms with E-state index in [4.69, 9.17) is 9.47 Å². The van der Waals surface area contributed by atoms with Crippen molar-refractivity contribution in [1.29, 1.82) is 0 Å². The van der Waals surface area contributed by atoms with E-state index < -0.39 is 0 Å². The maximum atomic E-state index is 11.9. The van der Waals surface area contributed by atoms with Gasteiger partial charge < -0.3 is 9.47 Å². The minimum Gasteiger partial charge on any atom is -0.481 e. The van der Waals surface area contributed by atoms with Gasteiger partial charge in [-0.2, -0.15) is 0 Å². The van der Waals surface area contributed by atoms with Crippen LogP contribution in [0, 0.1) is 0 Å². The highest BCUT2D eigenvalue weighted by molar-refractivity contribution is 5.70. The van der Waals surface area contributed by atoms with Crippen molar-refractivity contribution in [3.63, 3.8) is 0 Å². The summed E-state index contributed by atoms with van der Waals surface area (Å²) in [7, 11) is 3.20. The van der Waals surface area contributed by atoms with Gasteiger partial charge in [-0.25, -0.2) is 4.98 Å². The Hall–Kier alpha value is -2.57. The Morgan fingerprint density at radius 1 is 1.43 bits per heavy atom. The molecule has 124 valence electrons. The number of aromatic nitrogens is 3. The largest absolute Gasteiger partial charge is 0.481 e. The summed E-state index contributed by atoms with van der Waals surface area (Å²) < 4.78 is 11.5. The van der Waals surface area contributed by atoms with Gasteiger partial charge in [0, 0.05) is 37.0 Å². The van der Waals surface area contributed by atoms with Gasteiger partial charge in [-0.15, -0.1) is 0 Å². The fraction of sp³-hybridized carbons (Fsp3) is 0.438. The number of carbonyl (C=O) groups excluding carboxylic acids is 1. The molecule has 0 radical (unpaired) electrons. The standard InChI is InChI=1S/C16H21N3O4/c1-4-23-16(21)8-12(7-13-9-15(20)19(2)18-13)11-5-6-14(22-3)17-10-11/h5-6,9-10,12,18H,4,7-8H2,1-3H3/t12-/m1/s1. The number of methoxy groups -OCH3 is 1. The van der Waals surface area contributed by atoms with E-state index in [1.54, 1.807) is 33.3 Å². The predicted octanol–water partition coefficient (Wildman–Crippen LogP) is 1.40.